The fourth-order valence-electron chi connectivity index (χ4n) is 1.67. The van der Waals surface area contributed by atoms with Crippen molar-refractivity contribution in [3.8, 4) is 5.75 Å². The van der Waals surface area contributed by atoms with Crippen molar-refractivity contribution in [2.75, 3.05) is 0 Å². The van der Waals surface area contributed by atoms with Crippen LogP contribution < -0.4 is 4.74 Å². The zero-order chi connectivity index (χ0) is 10.1. The van der Waals surface area contributed by atoms with Gasteiger partial charge in [-0.25, -0.2) is 4.39 Å². The van der Waals surface area contributed by atoms with E-state index in [4.69, 9.17) is 16.3 Å². The molecule has 0 aromatic heterocycles. The van der Waals surface area contributed by atoms with Crippen molar-refractivity contribution in [3.05, 3.63) is 29.0 Å². The second kappa shape index (κ2) is 3.77. The highest BCUT2D eigenvalue weighted by Gasteiger charge is 2.27. The number of ether oxygens (including phenoxy) is 1. The minimum atomic E-state index is -0.402. The third kappa shape index (κ3) is 2.01. The van der Waals surface area contributed by atoms with E-state index >= 15 is 0 Å². The number of rotatable bonds is 2. The number of benzene rings is 1. The van der Waals surface area contributed by atoms with Gasteiger partial charge in [-0.1, -0.05) is 18.5 Å². The van der Waals surface area contributed by atoms with Crippen LogP contribution in [0.5, 0.6) is 5.75 Å². The monoisotopic (exact) mass is 214 g/mol. The summed E-state index contributed by atoms with van der Waals surface area (Å²) in [6.45, 7) is 2.19. The van der Waals surface area contributed by atoms with Gasteiger partial charge < -0.3 is 4.74 Å². The van der Waals surface area contributed by atoms with Crippen molar-refractivity contribution in [3.63, 3.8) is 0 Å². The maximum Gasteiger partial charge on any atom is 0.142 e. The molecular weight excluding hydrogens is 203 g/mol. The van der Waals surface area contributed by atoms with Crippen LogP contribution in [0.4, 0.5) is 4.39 Å². The molecule has 1 saturated carbocycles. The molecule has 0 bridgehead atoms. The van der Waals surface area contributed by atoms with Crippen LogP contribution in [0.25, 0.3) is 0 Å². The lowest BCUT2D eigenvalue weighted by molar-refractivity contribution is 0.0738. The summed E-state index contributed by atoms with van der Waals surface area (Å²) in [5.41, 5.74) is 0. The first-order valence-corrected chi connectivity index (χ1v) is 5.14. The van der Waals surface area contributed by atoms with E-state index in [-0.39, 0.29) is 11.1 Å². The molecule has 2 rings (SSSR count). The molecular formula is C11H12ClFO. The van der Waals surface area contributed by atoms with Crippen LogP contribution in [0, 0.1) is 11.7 Å². The van der Waals surface area contributed by atoms with E-state index in [2.05, 4.69) is 6.92 Å². The van der Waals surface area contributed by atoms with E-state index in [0.29, 0.717) is 5.75 Å². The van der Waals surface area contributed by atoms with Crippen LogP contribution in [0.1, 0.15) is 19.8 Å². The SMILES string of the molecule is CC1CC(Oc2ccc(F)c(Cl)c2)C1. The van der Waals surface area contributed by atoms with Crippen LogP contribution in [0.2, 0.25) is 5.02 Å². The van der Waals surface area contributed by atoms with Crippen LogP contribution in [-0.2, 0) is 0 Å². The number of hydrogen-bond acceptors (Lipinski definition) is 1. The molecule has 1 aromatic carbocycles. The van der Waals surface area contributed by atoms with E-state index in [1.807, 2.05) is 0 Å². The molecule has 0 heterocycles. The van der Waals surface area contributed by atoms with Crippen molar-refractivity contribution in [2.24, 2.45) is 5.92 Å². The molecule has 0 saturated heterocycles. The molecule has 0 atom stereocenters. The van der Waals surface area contributed by atoms with Crippen molar-refractivity contribution < 1.29 is 9.13 Å². The Kier molecular flexibility index (Phi) is 2.64. The Hall–Kier alpha value is -0.760. The predicted octanol–water partition coefficient (Wildman–Crippen LogP) is 3.66. The highest BCUT2D eigenvalue weighted by molar-refractivity contribution is 6.30. The maximum absolute atomic E-state index is 12.8. The largest absolute Gasteiger partial charge is 0.490 e. The van der Waals surface area contributed by atoms with Crippen molar-refractivity contribution >= 4 is 11.6 Å². The third-order valence-electron chi connectivity index (χ3n) is 2.52. The third-order valence-corrected chi connectivity index (χ3v) is 2.81. The van der Waals surface area contributed by atoms with Crippen LogP contribution in [0.15, 0.2) is 18.2 Å². The summed E-state index contributed by atoms with van der Waals surface area (Å²) in [7, 11) is 0. The smallest absolute Gasteiger partial charge is 0.142 e. The fourth-order valence-corrected chi connectivity index (χ4v) is 1.84. The van der Waals surface area contributed by atoms with Gasteiger partial charge in [0.15, 0.2) is 0 Å². The van der Waals surface area contributed by atoms with Gasteiger partial charge in [0.05, 0.1) is 11.1 Å². The zero-order valence-electron chi connectivity index (χ0n) is 7.97. The fraction of sp³-hybridized carbons (Fsp3) is 0.455. The van der Waals surface area contributed by atoms with Gasteiger partial charge in [-0.3, -0.25) is 0 Å². The van der Waals surface area contributed by atoms with E-state index in [1.54, 1.807) is 6.07 Å². The molecule has 1 aromatic rings. The molecule has 14 heavy (non-hydrogen) atoms. The lowest BCUT2D eigenvalue weighted by Crippen LogP contribution is -2.31. The maximum atomic E-state index is 12.8. The number of halogens is 2. The molecule has 0 spiro atoms. The molecule has 1 aliphatic carbocycles. The molecule has 0 unspecified atom stereocenters. The normalized spacial score (nSPS) is 25.6. The van der Waals surface area contributed by atoms with Gasteiger partial charge in [-0.05, 0) is 30.9 Å². The van der Waals surface area contributed by atoms with Gasteiger partial charge in [0, 0.05) is 6.07 Å². The van der Waals surface area contributed by atoms with Gasteiger partial charge in [0.25, 0.3) is 0 Å². The van der Waals surface area contributed by atoms with Gasteiger partial charge >= 0.3 is 0 Å². The highest BCUT2D eigenvalue weighted by Crippen LogP contribution is 2.31. The lowest BCUT2D eigenvalue weighted by Gasteiger charge is -2.32. The Labute approximate surface area is 87.8 Å². The molecule has 1 nitrogen and oxygen atoms in total. The molecule has 0 amide bonds. The van der Waals surface area contributed by atoms with E-state index < -0.39 is 5.82 Å². The Balaban J connectivity index is 2.00. The van der Waals surface area contributed by atoms with Gasteiger partial charge in [-0.15, -0.1) is 0 Å². The summed E-state index contributed by atoms with van der Waals surface area (Å²) >= 11 is 5.63. The molecule has 0 radical (unpaired) electrons. The summed E-state index contributed by atoms with van der Waals surface area (Å²) in [6.07, 6.45) is 2.44. The molecule has 1 aliphatic rings. The minimum Gasteiger partial charge on any atom is -0.490 e. The lowest BCUT2D eigenvalue weighted by atomic mass is 9.84. The molecule has 1 fully saturated rings. The Morgan fingerprint density at radius 3 is 2.71 bits per heavy atom. The van der Waals surface area contributed by atoms with Crippen LogP contribution >= 0.6 is 11.6 Å². The Morgan fingerprint density at radius 2 is 2.14 bits per heavy atom. The van der Waals surface area contributed by atoms with Gasteiger partial charge in [0.1, 0.15) is 11.6 Å². The zero-order valence-corrected chi connectivity index (χ0v) is 8.72. The van der Waals surface area contributed by atoms with E-state index in [9.17, 15) is 4.39 Å². The van der Waals surface area contributed by atoms with Gasteiger partial charge in [-0.2, -0.15) is 0 Å². The standard InChI is InChI=1S/C11H12ClFO/c1-7-4-9(5-7)14-8-2-3-11(13)10(12)6-8/h2-3,6-7,9H,4-5H2,1H3. The Bertz CT molecular complexity index is 334. The molecule has 0 N–H and O–H groups in total. The number of hydrogen-bond donors (Lipinski definition) is 0. The quantitative estimate of drug-likeness (QED) is 0.730. The summed E-state index contributed by atoms with van der Waals surface area (Å²) in [6, 6.07) is 4.48. The minimum absolute atomic E-state index is 0.120. The summed E-state index contributed by atoms with van der Waals surface area (Å²) in [5, 5.41) is 0.120. The molecule has 3 heteroatoms. The first-order valence-electron chi connectivity index (χ1n) is 4.77. The second-order valence-electron chi connectivity index (χ2n) is 3.89. The first kappa shape index (κ1) is 9.78. The van der Waals surface area contributed by atoms with Crippen molar-refractivity contribution in [1.29, 1.82) is 0 Å². The van der Waals surface area contributed by atoms with Crippen LogP contribution in [-0.4, -0.2) is 6.10 Å². The van der Waals surface area contributed by atoms with Gasteiger partial charge in [0.2, 0.25) is 0 Å². The molecule has 0 aliphatic heterocycles. The van der Waals surface area contributed by atoms with Crippen molar-refractivity contribution in [1.82, 2.24) is 0 Å². The average molecular weight is 215 g/mol. The second-order valence-corrected chi connectivity index (χ2v) is 4.30. The summed E-state index contributed by atoms with van der Waals surface area (Å²) < 4.78 is 18.4. The highest BCUT2D eigenvalue weighted by atomic mass is 35.5. The topological polar surface area (TPSA) is 9.23 Å². The molecule has 76 valence electrons. The first-order chi connectivity index (χ1) is 6.65. The van der Waals surface area contributed by atoms with E-state index in [1.165, 1.54) is 12.1 Å². The Morgan fingerprint density at radius 1 is 1.43 bits per heavy atom. The predicted molar refractivity (Wildman–Crippen MR) is 54.2 cm³/mol. The summed E-state index contributed by atoms with van der Waals surface area (Å²) in [5.74, 6) is 1.00. The van der Waals surface area contributed by atoms with Crippen molar-refractivity contribution in [2.45, 2.75) is 25.9 Å². The summed E-state index contributed by atoms with van der Waals surface area (Å²) in [4.78, 5) is 0. The van der Waals surface area contributed by atoms with E-state index in [0.717, 1.165) is 18.8 Å². The van der Waals surface area contributed by atoms with Crippen LogP contribution in [0.3, 0.4) is 0 Å². The average Bonchev–Trinajstić information content (AvgIpc) is 2.09.